The lowest BCUT2D eigenvalue weighted by atomic mass is 9.99. The highest BCUT2D eigenvalue weighted by Gasteiger charge is 2.22. The van der Waals surface area contributed by atoms with E-state index >= 15 is 0 Å². The molecule has 0 radical (unpaired) electrons. The van der Waals surface area contributed by atoms with Crippen LogP contribution < -0.4 is 5.73 Å². The molecule has 1 aromatic heterocycles. The number of hydrogen-bond acceptors (Lipinski definition) is 4. The third kappa shape index (κ3) is 3.94. The summed E-state index contributed by atoms with van der Waals surface area (Å²) in [6.07, 6.45) is 6.86. The van der Waals surface area contributed by atoms with Crippen LogP contribution in [-0.2, 0) is 13.6 Å². The SMILES string of the molecule is Cl.Cn1ncc(CN2CCCCC2CCN)n1. The molecule has 1 saturated heterocycles. The molecule has 1 aliphatic rings. The van der Waals surface area contributed by atoms with E-state index in [1.165, 1.54) is 25.8 Å². The molecule has 1 atom stereocenters. The first-order valence-corrected chi connectivity index (χ1v) is 6.09. The molecule has 98 valence electrons. The lowest BCUT2D eigenvalue weighted by molar-refractivity contribution is 0.132. The summed E-state index contributed by atoms with van der Waals surface area (Å²) in [5.74, 6) is 0. The van der Waals surface area contributed by atoms with Crippen LogP contribution in [0.4, 0.5) is 0 Å². The number of halogens is 1. The summed E-state index contributed by atoms with van der Waals surface area (Å²) in [5.41, 5.74) is 6.72. The lowest BCUT2D eigenvalue weighted by Crippen LogP contribution is -2.40. The molecule has 6 heteroatoms. The molecule has 2 heterocycles. The number of rotatable bonds is 4. The largest absolute Gasteiger partial charge is 0.330 e. The zero-order chi connectivity index (χ0) is 11.4. The van der Waals surface area contributed by atoms with Gasteiger partial charge in [0.1, 0.15) is 0 Å². The highest BCUT2D eigenvalue weighted by atomic mass is 35.5. The van der Waals surface area contributed by atoms with E-state index in [4.69, 9.17) is 5.73 Å². The highest BCUT2D eigenvalue weighted by molar-refractivity contribution is 5.85. The molecule has 0 saturated carbocycles. The van der Waals surface area contributed by atoms with Crippen molar-refractivity contribution in [3.8, 4) is 0 Å². The van der Waals surface area contributed by atoms with Gasteiger partial charge in [-0.2, -0.15) is 15.0 Å². The monoisotopic (exact) mass is 259 g/mol. The smallest absolute Gasteiger partial charge is 0.0967 e. The first-order chi connectivity index (χ1) is 7.79. The van der Waals surface area contributed by atoms with Crippen molar-refractivity contribution in [3.63, 3.8) is 0 Å². The topological polar surface area (TPSA) is 60.0 Å². The Hall–Kier alpha value is -0.650. The summed E-state index contributed by atoms with van der Waals surface area (Å²) in [6, 6.07) is 0.640. The van der Waals surface area contributed by atoms with Gasteiger partial charge in [-0.15, -0.1) is 12.4 Å². The van der Waals surface area contributed by atoms with Crippen LogP contribution in [0.3, 0.4) is 0 Å². The Bertz CT molecular complexity index is 325. The fourth-order valence-electron chi connectivity index (χ4n) is 2.46. The molecule has 1 fully saturated rings. The zero-order valence-corrected chi connectivity index (χ0v) is 11.2. The number of hydrogen-bond donors (Lipinski definition) is 1. The van der Waals surface area contributed by atoms with Crippen LogP contribution in [0.5, 0.6) is 0 Å². The second kappa shape index (κ2) is 6.93. The number of piperidine rings is 1. The van der Waals surface area contributed by atoms with Gasteiger partial charge in [0.15, 0.2) is 0 Å². The Morgan fingerprint density at radius 3 is 2.94 bits per heavy atom. The normalized spacial score (nSPS) is 21.2. The van der Waals surface area contributed by atoms with Crippen LogP contribution in [0.25, 0.3) is 0 Å². The molecular weight excluding hydrogens is 238 g/mol. The molecular formula is C11H22ClN5. The number of likely N-dealkylation sites (tertiary alicyclic amines) is 1. The van der Waals surface area contributed by atoms with Crippen molar-refractivity contribution in [2.24, 2.45) is 12.8 Å². The fraction of sp³-hybridized carbons (Fsp3) is 0.818. The summed E-state index contributed by atoms with van der Waals surface area (Å²) >= 11 is 0. The summed E-state index contributed by atoms with van der Waals surface area (Å²) in [7, 11) is 1.86. The fourth-order valence-corrected chi connectivity index (χ4v) is 2.46. The number of nitrogens with zero attached hydrogens (tertiary/aromatic N) is 4. The molecule has 5 nitrogen and oxygen atoms in total. The number of aromatic nitrogens is 3. The average Bonchev–Trinajstić information content (AvgIpc) is 2.67. The van der Waals surface area contributed by atoms with Gasteiger partial charge in [0.25, 0.3) is 0 Å². The van der Waals surface area contributed by atoms with E-state index in [1.807, 2.05) is 13.2 Å². The Balaban J connectivity index is 0.00000144. The number of nitrogens with two attached hydrogens (primary N) is 1. The van der Waals surface area contributed by atoms with Crippen LogP contribution in [0.15, 0.2) is 6.20 Å². The van der Waals surface area contributed by atoms with Crippen molar-refractivity contribution in [2.45, 2.75) is 38.3 Å². The first-order valence-electron chi connectivity index (χ1n) is 6.09. The summed E-state index contributed by atoms with van der Waals surface area (Å²) in [6.45, 7) is 2.86. The highest BCUT2D eigenvalue weighted by Crippen LogP contribution is 2.20. The average molecular weight is 260 g/mol. The summed E-state index contributed by atoms with van der Waals surface area (Å²) in [4.78, 5) is 4.12. The van der Waals surface area contributed by atoms with Gasteiger partial charge in [-0.3, -0.25) is 4.90 Å². The third-order valence-corrected chi connectivity index (χ3v) is 3.26. The minimum Gasteiger partial charge on any atom is -0.330 e. The minimum absolute atomic E-state index is 0. The van der Waals surface area contributed by atoms with Crippen molar-refractivity contribution in [1.82, 2.24) is 19.9 Å². The maximum atomic E-state index is 5.66. The molecule has 1 aliphatic heterocycles. The van der Waals surface area contributed by atoms with E-state index in [2.05, 4.69) is 15.1 Å². The molecule has 2 rings (SSSR count). The Kier molecular flexibility index (Phi) is 5.88. The minimum atomic E-state index is 0. The van der Waals surface area contributed by atoms with E-state index in [-0.39, 0.29) is 12.4 Å². The first kappa shape index (κ1) is 14.4. The van der Waals surface area contributed by atoms with E-state index in [1.54, 1.807) is 4.80 Å². The quantitative estimate of drug-likeness (QED) is 0.874. The molecule has 1 unspecified atom stereocenters. The predicted octanol–water partition coefficient (Wildman–Crippen LogP) is 0.940. The van der Waals surface area contributed by atoms with E-state index in [0.29, 0.717) is 6.04 Å². The van der Waals surface area contributed by atoms with Gasteiger partial charge in [-0.1, -0.05) is 6.42 Å². The number of aryl methyl sites for hydroxylation is 1. The predicted molar refractivity (Wildman–Crippen MR) is 70.0 cm³/mol. The second-order valence-electron chi connectivity index (χ2n) is 4.52. The summed E-state index contributed by atoms with van der Waals surface area (Å²) < 4.78 is 0. The Morgan fingerprint density at radius 2 is 2.29 bits per heavy atom. The van der Waals surface area contributed by atoms with Crippen LogP contribution in [0.2, 0.25) is 0 Å². The molecule has 1 aromatic rings. The van der Waals surface area contributed by atoms with Gasteiger partial charge in [0, 0.05) is 19.6 Å². The molecule has 0 spiro atoms. The second-order valence-corrected chi connectivity index (χ2v) is 4.52. The van der Waals surface area contributed by atoms with Gasteiger partial charge in [0.05, 0.1) is 11.9 Å². The lowest BCUT2D eigenvalue weighted by Gasteiger charge is -2.35. The van der Waals surface area contributed by atoms with E-state index in [9.17, 15) is 0 Å². The van der Waals surface area contributed by atoms with Crippen LogP contribution in [0, 0.1) is 0 Å². The zero-order valence-electron chi connectivity index (χ0n) is 10.4. The Labute approximate surface area is 109 Å². The van der Waals surface area contributed by atoms with Crippen molar-refractivity contribution in [3.05, 3.63) is 11.9 Å². The van der Waals surface area contributed by atoms with Gasteiger partial charge in [-0.25, -0.2) is 0 Å². The molecule has 0 bridgehead atoms. The van der Waals surface area contributed by atoms with Crippen molar-refractivity contribution >= 4 is 12.4 Å². The molecule has 0 aliphatic carbocycles. The molecule has 17 heavy (non-hydrogen) atoms. The van der Waals surface area contributed by atoms with Crippen LogP contribution in [0.1, 0.15) is 31.4 Å². The standard InChI is InChI=1S/C11H21N5.ClH/c1-15-13-8-10(14-15)9-16-7-3-2-4-11(16)5-6-12;/h8,11H,2-7,9,12H2,1H3;1H. The molecule has 0 amide bonds. The van der Waals surface area contributed by atoms with Crippen molar-refractivity contribution in [2.75, 3.05) is 13.1 Å². The van der Waals surface area contributed by atoms with Crippen molar-refractivity contribution < 1.29 is 0 Å². The summed E-state index contributed by atoms with van der Waals surface area (Å²) in [5, 5.41) is 8.44. The van der Waals surface area contributed by atoms with Gasteiger partial charge < -0.3 is 5.73 Å². The van der Waals surface area contributed by atoms with Gasteiger partial charge >= 0.3 is 0 Å². The van der Waals surface area contributed by atoms with E-state index < -0.39 is 0 Å². The van der Waals surface area contributed by atoms with Crippen molar-refractivity contribution in [1.29, 1.82) is 0 Å². The van der Waals surface area contributed by atoms with Crippen LogP contribution >= 0.6 is 12.4 Å². The molecule has 2 N–H and O–H groups in total. The maximum Gasteiger partial charge on any atom is 0.0967 e. The maximum absolute atomic E-state index is 5.66. The van der Waals surface area contributed by atoms with Gasteiger partial charge in [-0.05, 0) is 32.4 Å². The Morgan fingerprint density at radius 1 is 1.47 bits per heavy atom. The van der Waals surface area contributed by atoms with Crippen LogP contribution in [-0.4, -0.2) is 39.0 Å². The molecule has 0 aromatic carbocycles. The third-order valence-electron chi connectivity index (χ3n) is 3.26. The van der Waals surface area contributed by atoms with Gasteiger partial charge in [0.2, 0.25) is 0 Å². The van der Waals surface area contributed by atoms with E-state index in [0.717, 1.165) is 25.2 Å².